The first kappa shape index (κ1) is 6.62. The smallest absolute Gasteiger partial charge is 0.0627 e. The molecule has 0 amide bonds. The maximum atomic E-state index is 5.64. The highest BCUT2D eigenvalue weighted by atomic mass is 16.5. The normalized spacial score (nSPS) is 40.8. The molecule has 0 aromatic carbocycles. The summed E-state index contributed by atoms with van der Waals surface area (Å²) in [4.78, 5) is 0. The molecular formula is C8H15NO. The molecule has 0 bridgehead atoms. The van der Waals surface area contributed by atoms with Crippen LogP contribution in [0.25, 0.3) is 0 Å². The van der Waals surface area contributed by atoms with E-state index in [-0.39, 0.29) is 0 Å². The van der Waals surface area contributed by atoms with Gasteiger partial charge in [-0.2, -0.15) is 0 Å². The molecule has 2 saturated heterocycles. The summed E-state index contributed by atoms with van der Waals surface area (Å²) in [6.45, 7) is 3.34. The van der Waals surface area contributed by atoms with Crippen LogP contribution < -0.4 is 5.32 Å². The van der Waals surface area contributed by atoms with Gasteiger partial charge in [-0.25, -0.2) is 0 Å². The van der Waals surface area contributed by atoms with Gasteiger partial charge in [-0.15, -0.1) is 0 Å². The van der Waals surface area contributed by atoms with Gasteiger partial charge in [0, 0.05) is 13.2 Å². The third-order valence-electron chi connectivity index (χ3n) is 2.59. The fourth-order valence-corrected chi connectivity index (χ4v) is 1.99. The first-order valence-corrected chi connectivity index (χ1v) is 4.29. The van der Waals surface area contributed by atoms with Gasteiger partial charge >= 0.3 is 0 Å². The summed E-state index contributed by atoms with van der Waals surface area (Å²) in [5, 5.41) is 3.40. The van der Waals surface area contributed by atoms with E-state index in [1.165, 1.54) is 25.8 Å². The van der Waals surface area contributed by atoms with Crippen molar-refractivity contribution in [3.8, 4) is 0 Å². The molecule has 2 fully saturated rings. The molecule has 2 heterocycles. The molecule has 10 heavy (non-hydrogen) atoms. The van der Waals surface area contributed by atoms with Crippen molar-refractivity contribution in [1.82, 2.24) is 5.32 Å². The molecule has 58 valence electrons. The number of ether oxygens (including phenoxy) is 1. The van der Waals surface area contributed by atoms with Gasteiger partial charge in [-0.3, -0.25) is 0 Å². The molecule has 1 N–H and O–H groups in total. The van der Waals surface area contributed by atoms with Crippen molar-refractivity contribution < 1.29 is 4.74 Å². The SMILES string of the molecule is C1COC2CCNCC2C1. The maximum absolute atomic E-state index is 5.64. The van der Waals surface area contributed by atoms with E-state index in [1.807, 2.05) is 0 Å². The molecule has 2 rings (SSSR count). The zero-order valence-electron chi connectivity index (χ0n) is 6.31. The summed E-state index contributed by atoms with van der Waals surface area (Å²) < 4.78 is 5.64. The quantitative estimate of drug-likeness (QED) is 0.538. The third kappa shape index (κ3) is 1.18. The zero-order chi connectivity index (χ0) is 6.81. The third-order valence-corrected chi connectivity index (χ3v) is 2.59. The number of hydrogen-bond donors (Lipinski definition) is 1. The average molecular weight is 141 g/mol. The highest BCUT2D eigenvalue weighted by Gasteiger charge is 2.27. The Hall–Kier alpha value is -0.0800. The molecule has 2 atom stereocenters. The summed E-state index contributed by atoms with van der Waals surface area (Å²) in [5.41, 5.74) is 0. The lowest BCUT2D eigenvalue weighted by atomic mass is 9.90. The topological polar surface area (TPSA) is 21.3 Å². The first-order chi connectivity index (χ1) is 4.97. The molecular weight excluding hydrogens is 126 g/mol. The van der Waals surface area contributed by atoms with Crippen LogP contribution in [0.4, 0.5) is 0 Å². The minimum Gasteiger partial charge on any atom is -0.378 e. The van der Waals surface area contributed by atoms with Crippen LogP contribution in [0.15, 0.2) is 0 Å². The van der Waals surface area contributed by atoms with E-state index in [9.17, 15) is 0 Å². The van der Waals surface area contributed by atoms with E-state index in [4.69, 9.17) is 4.74 Å². The number of nitrogens with one attached hydrogen (secondary N) is 1. The van der Waals surface area contributed by atoms with Gasteiger partial charge in [-0.05, 0) is 31.7 Å². The first-order valence-electron chi connectivity index (χ1n) is 4.29. The molecule has 0 aromatic rings. The van der Waals surface area contributed by atoms with Gasteiger partial charge < -0.3 is 10.1 Å². The van der Waals surface area contributed by atoms with Crippen molar-refractivity contribution in [3.05, 3.63) is 0 Å². The molecule has 0 saturated carbocycles. The van der Waals surface area contributed by atoms with Crippen molar-refractivity contribution >= 4 is 0 Å². The van der Waals surface area contributed by atoms with Gasteiger partial charge in [0.15, 0.2) is 0 Å². The molecule has 0 aliphatic carbocycles. The molecule has 0 spiro atoms. The van der Waals surface area contributed by atoms with Crippen molar-refractivity contribution in [3.63, 3.8) is 0 Å². The molecule has 2 nitrogen and oxygen atoms in total. The van der Waals surface area contributed by atoms with Crippen LogP contribution in [0.1, 0.15) is 19.3 Å². The molecule has 0 radical (unpaired) electrons. The lowest BCUT2D eigenvalue weighted by Crippen LogP contribution is -2.43. The number of piperidine rings is 1. The Morgan fingerprint density at radius 1 is 1.30 bits per heavy atom. The maximum Gasteiger partial charge on any atom is 0.0627 e. The Labute approximate surface area is 61.9 Å². The second kappa shape index (κ2) is 2.89. The molecule has 2 aliphatic heterocycles. The summed E-state index contributed by atoms with van der Waals surface area (Å²) >= 11 is 0. The van der Waals surface area contributed by atoms with E-state index in [0.717, 1.165) is 19.1 Å². The van der Waals surface area contributed by atoms with Crippen molar-refractivity contribution in [1.29, 1.82) is 0 Å². The second-order valence-corrected chi connectivity index (χ2v) is 3.30. The number of hydrogen-bond acceptors (Lipinski definition) is 2. The minimum atomic E-state index is 0.593. The highest BCUT2D eigenvalue weighted by molar-refractivity contribution is 4.80. The monoisotopic (exact) mass is 141 g/mol. The van der Waals surface area contributed by atoms with Gasteiger partial charge in [-0.1, -0.05) is 0 Å². The van der Waals surface area contributed by atoms with Crippen molar-refractivity contribution in [2.24, 2.45) is 5.92 Å². The molecule has 2 unspecified atom stereocenters. The fraction of sp³-hybridized carbons (Fsp3) is 1.00. The predicted octanol–water partition coefficient (Wildman–Crippen LogP) is 0.775. The lowest BCUT2D eigenvalue weighted by molar-refractivity contribution is -0.0406. The molecule has 2 aliphatic rings. The van der Waals surface area contributed by atoms with Crippen LogP contribution in [0.3, 0.4) is 0 Å². The van der Waals surface area contributed by atoms with Crippen LogP contribution in [0, 0.1) is 5.92 Å². The fourth-order valence-electron chi connectivity index (χ4n) is 1.99. The van der Waals surface area contributed by atoms with E-state index in [2.05, 4.69) is 5.32 Å². The van der Waals surface area contributed by atoms with E-state index in [1.54, 1.807) is 0 Å². The van der Waals surface area contributed by atoms with E-state index in [0.29, 0.717) is 6.10 Å². The zero-order valence-corrected chi connectivity index (χ0v) is 6.31. The Morgan fingerprint density at radius 3 is 3.20 bits per heavy atom. The predicted molar refractivity (Wildman–Crippen MR) is 40.0 cm³/mol. The Bertz CT molecular complexity index is 89.8. The number of fused-ring (bicyclic) bond motifs is 1. The largest absolute Gasteiger partial charge is 0.378 e. The highest BCUT2D eigenvalue weighted by Crippen LogP contribution is 2.24. The van der Waals surface area contributed by atoms with E-state index >= 15 is 0 Å². The minimum absolute atomic E-state index is 0.593. The van der Waals surface area contributed by atoms with Gasteiger partial charge in [0.1, 0.15) is 0 Å². The van der Waals surface area contributed by atoms with Crippen molar-refractivity contribution in [2.45, 2.75) is 25.4 Å². The standard InChI is InChI=1S/C8H15NO/c1-2-7-6-9-4-3-8(7)10-5-1/h7-9H,1-6H2. The Balaban J connectivity index is 1.93. The summed E-state index contributed by atoms with van der Waals surface area (Å²) in [5.74, 6) is 0.822. The summed E-state index contributed by atoms with van der Waals surface area (Å²) in [6, 6.07) is 0. The molecule has 0 aromatic heterocycles. The lowest BCUT2D eigenvalue weighted by Gasteiger charge is -2.35. The van der Waals surface area contributed by atoms with Crippen LogP contribution in [-0.4, -0.2) is 25.8 Å². The second-order valence-electron chi connectivity index (χ2n) is 3.30. The van der Waals surface area contributed by atoms with Gasteiger partial charge in [0.2, 0.25) is 0 Å². The van der Waals surface area contributed by atoms with E-state index < -0.39 is 0 Å². The van der Waals surface area contributed by atoms with Crippen LogP contribution in [0.2, 0.25) is 0 Å². The Morgan fingerprint density at radius 2 is 2.30 bits per heavy atom. The molecule has 2 heteroatoms. The van der Waals surface area contributed by atoms with Crippen LogP contribution in [0.5, 0.6) is 0 Å². The summed E-state index contributed by atoms with van der Waals surface area (Å²) in [6.07, 6.45) is 4.46. The van der Waals surface area contributed by atoms with Crippen molar-refractivity contribution in [2.75, 3.05) is 19.7 Å². The van der Waals surface area contributed by atoms with Crippen LogP contribution >= 0.6 is 0 Å². The van der Waals surface area contributed by atoms with Gasteiger partial charge in [0.05, 0.1) is 6.10 Å². The van der Waals surface area contributed by atoms with Crippen LogP contribution in [-0.2, 0) is 4.74 Å². The average Bonchev–Trinajstić information content (AvgIpc) is 2.05. The summed E-state index contributed by atoms with van der Waals surface area (Å²) in [7, 11) is 0. The number of rotatable bonds is 0. The van der Waals surface area contributed by atoms with Gasteiger partial charge in [0.25, 0.3) is 0 Å². The Kier molecular flexibility index (Phi) is 1.91.